The van der Waals surface area contributed by atoms with Crippen LogP contribution < -0.4 is 0 Å². The molecule has 2 aromatic rings. The van der Waals surface area contributed by atoms with Gasteiger partial charge in [-0.1, -0.05) is 59.7 Å². The Labute approximate surface area is 139 Å². The molecule has 1 N–H and O–H groups in total. The van der Waals surface area contributed by atoms with Crippen molar-refractivity contribution in [2.24, 2.45) is 0 Å². The third-order valence-corrected chi connectivity index (χ3v) is 6.18. The van der Waals surface area contributed by atoms with Crippen molar-refractivity contribution in [3.63, 3.8) is 0 Å². The Morgan fingerprint density at radius 3 is 1.65 bits per heavy atom. The van der Waals surface area contributed by atoms with Crippen LogP contribution >= 0.6 is 7.94 Å². The van der Waals surface area contributed by atoms with Gasteiger partial charge in [0, 0.05) is 11.1 Å². The third kappa shape index (κ3) is 4.39. The van der Waals surface area contributed by atoms with E-state index in [1.165, 1.54) is 0 Å². The molecule has 23 heavy (non-hydrogen) atoms. The van der Waals surface area contributed by atoms with Crippen LogP contribution in [0.3, 0.4) is 0 Å². The van der Waals surface area contributed by atoms with Crippen molar-refractivity contribution in [1.29, 1.82) is 0 Å². The monoisotopic (exact) mass is 333 g/mol. The van der Waals surface area contributed by atoms with E-state index in [4.69, 9.17) is 9.05 Å². The fourth-order valence-electron chi connectivity index (χ4n) is 2.81. The first-order valence-electron chi connectivity index (χ1n) is 8.03. The Morgan fingerprint density at radius 1 is 0.870 bits per heavy atom. The van der Waals surface area contributed by atoms with Crippen molar-refractivity contribution in [3.05, 3.63) is 70.8 Å². The van der Waals surface area contributed by atoms with E-state index in [-0.39, 0.29) is 5.66 Å². The maximum absolute atomic E-state index is 11.2. The fraction of sp³-hybridized carbons (Fsp3) is 0.368. The minimum absolute atomic E-state index is 0.304. The van der Waals surface area contributed by atoms with Crippen LogP contribution in [0.25, 0.3) is 0 Å². The molecule has 4 heteroatoms. The topological polar surface area (TPSA) is 38.7 Å². The van der Waals surface area contributed by atoms with E-state index in [2.05, 4.69) is 38.1 Å². The van der Waals surface area contributed by atoms with E-state index in [1.807, 2.05) is 38.1 Å². The second-order valence-corrected chi connectivity index (χ2v) is 7.79. The lowest BCUT2D eigenvalue weighted by molar-refractivity contribution is 0.184. The molecule has 124 valence electrons. The summed E-state index contributed by atoms with van der Waals surface area (Å²) in [5.41, 5.74) is 4.04. The summed E-state index contributed by atoms with van der Waals surface area (Å²) in [4.78, 5) is 11.2. The first kappa shape index (κ1) is 18.1. The predicted molar refractivity (Wildman–Crippen MR) is 96.6 cm³/mol. The van der Waals surface area contributed by atoms with Crippen molar-refractivity contribution < 1.29 is 13.9 Å². The maximum Gasteiger partial charge on any atom is 0.421 e. The molecule has 0 aliphatic carbocycles. The van der Waals surface area contributed by atoms with E-state index in [9.17, 15) is 4.89 Å². The standard InChI is InChI=1S/C19H26O3P/c1-5-21-23(20,22-6-2)19(17-11-7-9-15(3)13-17)18-12-8-10-16(4)14-18/h7-14,19-20H,5-6H2,1-4H3/q+1. The second kappa shape index (κ2) is 8.03. The Balaban J connectivity index is 2.58. The molecule has 0 saturated carbocycles. The van der Waals surface area contributed by atoms with Crippen molar-refractivity contribution in [2.75, 3.05) is 13.2 Å². The molecule has 0 aliphatic rings. The molecule has 0 heterocycles. The number of rotatable bonds is 7. The van der Waals surface area contributed by atoms with E-state index >= 15 is 0 Å². The highest BCUT2D eigenvalue weighted by Gasteiger charge is 2.51. The summed E-state index contributed by atoms with van der Waals surface area (Å²) in [6.07, 6.45) is 0. The summed E-state index contributed by atoms with van der Waals surface area (Å²) in [6.45, 7) is 8.70. The highest BCUT2D eigenvalue weighted by atomic mass is 31.2. The van der Waals surface area contributed by atoms with Crippen LogP contribution in [0.2, 0.25) is 0 Å². The van der Waals surface area contributed by atoms with Crippen LogP contribution in [0.1, 0.15) is 41.8 Å². The Hall–Kier alpha value is -1.25. The third-order valence-electron chi connectivity index (χ3n) is 3.67. The average molecular weight is 333 g/mol. The quantitative estimate of drug-likeness (QED) is 0.706. The van der Waals surface area contributed by atoms with Crippen molar-refractivity contribution in [3.8, 4) is 0 Å². The zero-order valence-electron chi connectivity index (χ0n) is 14.3. The van der Waals surface area contributed by atoms with Gasteiger partial charge in [-0.2, -0.15) is 13.9 Å². The minimum atomic E-state index is -3.06. The van der Waals surface area contributed by atoms with Gasteiger partial charge in [0.25, 0.3) is 0 Å². The van der Waals surface area contributed by atoms with Crippen molar-refractivity contribution in [1.82, 2.24) is 0 Å². The summed E-state index contributed by atoms with van der Waals surface area (Å²) >= 11 is 0. The van der Waals surface area contributed by atoms with E-state index < -0.39 is 7.94 Å². The SMILES string of the molecule is CCO[P+](O)(OCC)C(c1cccc(C)c1)c1cccc(C)c1. The second-order valence-electron chi connectivity index (χ2n) is 5.63. The van der Waals surface area contributed by atoms with Crippen molar-refractivity contribution in [2.45, 2.75) is 33.4 Å². The smallest absolute Gasteiger partial charge is 0.192 e. The zero-order chi connectivity index (χ0) is 16.9. The molecule has 3 nitrogen and oxygen atoms in total. The highest BCUT2D eigenvalue weighted by Crippen LogP contribution is 2.70. The van der Waals surface area contributed by atoms with Gasteiger partial charge >= 0.3 is 7.94 Å². The van der Waals surface area contributed by atoms with Gasteiger partial charge in [0.1, 0.15) is 0 Å². The molecule has 0 unspecified atom stereocenters. The van der Waals surface area contributed by atoms with Crippen LogP contribution in [0.15, 0.2) is 48.5 Å². The van der Waals surface area contributed by atoms with Gasteiger partial charge < -0.3 is 0 Å². The van der Waals surface area contributed by atoms with Crippen LogP contribution in [0, 0.1) is 13.8 Å². The van der Waals surface area contributed by atoms with E-state index in [0.29, 0.717) is 13.2 Å². The minimum Gasteiger partial charge on any atom is -0.192 e. The van der Waals surface area contributed by atoms with Gasteiger partial charge in [-0.15, -0.1) is 0 Å². The van der Waals surface area contributed by atoms with Gasteiger partial charge in [0.05, 0.1) is 13.2 Å². The number of benzene rings is 2. The first-order chi connectivity index (χ1) is 11.0. The van der Waals surface area contributed by atoms with Crippen LogP contribution in [-0.2, 0) is 9.05 Å². The summed E-state index contributed by atoms with van der Waals surface area (Å²) in [5.74, 6) is 0. The summed E-state index contributed by atoms with van der Waals surface area (Å²) < 4.78 is 11.5. The van der Waals surface area contributed by atoms with Gasteiger partial charge in [0.15, 0.2) is 0 Å². The molecule has 2 rings (SSSR count). The van der Waals surface area contributed by atoms with E-state index in [1.54, 1.807) is 0 Å². The number of hydrogen-bond acceptors (Lipinski definition) is 3. The Morgan fingerprint density at radius 2 is 1.30 bits per heavy atom. The maximum atomic E-state index is 11.2. The van der Waals surface area contributed by atoms with Gasteiger partial charge in [-0.25, -0.2) is 0 Å². The molecule has 0 spiro atoms. The fourth-order valence-corrected chi connectivity index (χ4v) is 4.99. The molecule has 0 aromatic heterocycles. The Bertz CT molecular complexity index is 591. The highest BCUT2D eigenvalue weighted by molar-refractivity contribution is 7.61. The van der Waals surface area contributed by atoms with Crippen LogP contribution in [0.5, 0.6) is 0 Å². The molecular formula is C19H26O3P+. The predicted octanol–water partition coefficient (Wildman–Crippen LogP) is 5.22. The Kier molecular flexibility index (Phi) is 6.32. The lowest BCUT2D eigenvalue weighted by Crippen LogP contribution is -2.14. The molecule has 0 fully saturated rings. The van der Waals surface area contributed by atoms with Crippen LogP contribution in [0.4, 0.5) is 0 Å². The molecular weight excluding hydrogens is 307 g/mol. The molecule has 2 aromatic carbocycles. The summed E-state index contributed by atoms with van der Waals surface area (Å²) in [6, 6.07) is 16.4. The van der Waals surface area contributed by atoms with Gasteiger partial charge in [0.2, 0.25) is 5.66 Å². The van der Waals surface area contributed by atoms with Crippen molar-refractivity contribution >= 4 is 7.94 Å². The molecule has 0 amide bonds. The first-order valence-corrected chi connectivity index (χ1v) is 9.68. The molecule has 0 aliphatic heterocycles. The number of aryl methyl sites for hydroxylation is 2. The lowest BCUT2D eigenvalue weighted by atomic mass is 10.0. The molecule has 0 radical (unpaired) electrons. The van der Waals surface area contributed by atoms with Gasteiger partial charge in [-0.3, -0.25) is 0 Å². The summed E-state index contributed by atoms with van der Waals surface area (Å²) in [7, 11) is -3.06. The molecule has 0 atom stereocenters. The molecule has 0 saturated heterocycles. The zero-order valence-corrected chi connectivity index (χ0v) is 15.2. The van der Waals surface area contributed by atoms with Crippen LogP contribution in [-0.4, -0.2) is 18.1 Å². The summed E-state index contributed by atoms with van der Waals surface area (Å²) in [5, 5.41) is 0. The lowest BCUT2D eigenvalue weighted by Gasteiger charge is -2.25. The molecule has 0 bridgehead atoms. The normalized spacial score (nSPS) is 11.9. The largest absolute Gasteiger partial charge is 0.421 e. The average Bonchev–Trinajstić information content (AvgIpc) is 2.48. The van der Waals surface area contributed by atoms with E-state index in [0.717, 1.165) is 22.3 Å². The number of hydrogen-bond donors (Lipinski definition) is 1. The van der Waals surface area contributed by atoms with Gasteiger partial charge in [-0.05, 0) is 27.7 Å².